The summed E-state index contributed by atoms with van der Waals surface area (Å²) >= 11 is 0. The van der Waals surface area contributed by atoms with Crippen LogP contribution in [0.1, 0.15) is 11.1 Å². The zero-order valence-electron chi connectivity index (χ0n) is 10.1. The number of nitrogens with zero attached hydrogens (tertiary/aromatic N) is 1. The topological polar surface area (TPSA) is 50.9 Å². The summed E-state index contributed by atoms with van der Waals surface area (Å²) < 4.78 is 37.2. The highest BCUT2D eigenvalue weighted by molar-refractivity contribution is 5.71. The Morgan fingerprint density at radius 3 is 2.32 bits per heavy atom. The summed E-state index contributed by atoms with van der Waals surface area (Å²) in [7, 11) is 0. The minimum atomic E-state index is -4.33. The quantitative estimate of drug-likeness (QED) is 0.871. The van der Waals surface area contributed by atoms with Crippen molar-refractivity contribution in [3.63, 3.8) is 0 Å². The van der Waals surface area contributed by atoms with Gasteiger partial charge in [0, 0.05) is 11.9 Å². The first-order valence-corrected chi connectivity index (χ1v) is 5.53. The lowest BCUT2D eigenvalue weighted by Crippen LogP contribution is -2.05. The Morgan fingerprint density at radius 2 is 1.74 bits per heavy atom. The van der Waals surface area contributed by atoms with E-state index in [-0.39, 0.29) is 0 Å². The van der Waals surface area contributed by atoms with Crippen LogP contribution in [0, 0.1) is 6.92 Å². The first-order chi connectivity index (χ1) is 8.88. The molecule has 0 aliphatic carbocycles. The molecule has 2 rings (SSSR count). The molecule has 0 fully saturated rings. The Bertz CT molecular complexity index is 577. The lowest BCUT2D eigenvalue weighted by atomic mass is 10.2. The van der Waals surface area contributed by atoms with E-state index in [9.17, 15) is 13.2 Å². The normalized spacial score (nSPS) is 11.4. The molecule has 0 atom stereocenters. The van der Waals surface area contributed by atoms with Crippen molar-refractivity contribution in [2.24, 2.45) is 0 Å². The average molecular weight is 267 g/mol. The number of rotatable bonds is 2. The van der Waals surface area contributed by atoms with Crippen LogP contribution in [0.15, 0.2) is 36.5 Å². The smallest absolute Gasteiger partial charge is 0.396 e. The molecule has 1 aromatic heterocycles. The molecule has 19 heavy (non-hydrogen) atoms. The van der Waals surface area contributed by atoms with Crippen LogP contribution in [0.5, 0.6) is 0 Å². The number of aromatic nitrogens is 1. The maximum Gasteiger partial charge on any atom is 0.416 e. The van der Waals surface area contributed by atoms with Gasteiger partial charge < -0.3 is 11.1 Å². The molecule has 100 valence electrons. The number of nitrogens with one attached hydrogen (secondary N) is 1. The van der Waals surface area contributed by atoms with E-state index in [0.29, 0.717) is 17.2 Å². The highest BCUT2D eigenvalue weighted by atomic mass is 19.4. The predicted octanol–water partition coefficient (Wildman–Crippen LogP) is 3.73. The van der Waals surface area contributed by atoms with Gasteiger partial charge in [0.15, 0.2) is 5.82 Å². The molecule has 0 saturated heterocycles. The minimum absolute atomic E-state index is 0.430. The van der Waals surface area contributed by atoms with Gasteiger partial charge in [0.05, 0.1) is 11.3 Å². The number of hydrogen-bond acceptors (Lipinski definition) is 3. The van der Waals surface area contributed by atoms with Crippen LogP contribution in [0.3, 0.4) is 0 Å². The third-order valence-corrected chi connectivity index (χ3v) is 2.68. The number of nitrogen functional groups attached to an aromatic ring is 1. The van der Waals surface area contributed by atoms with Crippen LogP contribution < -0.4 is 11.1 Å². The van der Waals surface area contributed by atoms with Crippen LogP contribution in [0.25, 0.3) is 0 Å². The number of alkyl halides is 3. The zero-order chi connectivity index (χ0) is 14.0. The van der Waals surface area contributed by atoms with E-state index in [1.807, 2.05) is 6.92 Å². The molecule has 0 aliphatic heterocycles. The van der Waals surface area contributed by atoms with Gasteiger partial charge >= 0.3 is 6.18 Å². The molecule has 0 amide bonds. The van der Waals surface area contributed by atoms with Gasteiger partial charge in [0.25, 0.3) is 0 Å². The van der Waals surface area contributed by atoms with Gasteiger partial charge in [-0.1, -0.05) is 0 Å². The van der Waals surface area contributed by atoms with Crippen molar-refractivity contribution in [2.75, 3.05) is 11.1 Å². The molecule has 0 saturated carbocycles. The number of halogens is 3. The second-order valence-electron chi connectivity index (χ2n) is 4.09. The number of anilines is 3. The van der Waals surface area contributed by atoms with Crippen LogP contribution in [-0.4, -0.2) is 4.98 Å². The lowest BCUT2D eigenvalue weighted by molar-refractivity contribution is -0.137. The molecule has 0 aliphatic rings. The summed E-state index contributed by atoms with van der Waals surface area (Å²) in [5.74, 6) is 0.430. The third kappa shape index (κ3) is 2.96. The molecular formula is C13H12F3N3. The molecule has 1 aromatic carbocycles. The lowest BCUT2D eigenvalue weighted by Gasteiger charge is -2.11. The summed E-state index contributed by atoms with van der Waals surface area (Å²) in [5, 5.41) is 2.89. The summed E-state index contributed by atoms with van der Waals surface area (Å²) in [6.45, 7) is 1.83. The average Bonchev–Trinajstić information content (AvgIpc) is 2.35. The standard InChI is InChI=1S/C13H12F3N3/c1-8-6-7-18-12(11(8)17)19-10-4-2-9(3-5-10)13(14,15)16/h2-7H,17H2,1H3,(H,18,19). The first kappa shape index (κ1) is 13.2. The molecule has 6 heteroatoms. The van der Waals surface area contributed by atoms with E-state index >= 15 is 0 Å². The fourth-order valence-electron chi connectivity index (χ4n) is 1.55. The largest absolute Gasteiger partial charge is 0.416 e. The molecule has 2 aromatic rings. The van der Waals surface area contributed by atoms with E-state index in [4.69, 9.17) is 5.73 Å². The zero-order valence-corrected chi connectivity index (χ0v) is 10.1. The number of nitrogens with two attached hydrogens (primary N) is 1. The Morgan fingerprint density at radius 1 is 1.11 bits per heavy atom. The van der Waals surface area contributed by atoms with E-state index in [0.717, 1.165) is 17.7 Å². The second kappa shape index (κ2) is 4.79. The fourth-order valence-corrected chi connectivity index (χ4v) is 1.55. The van der Waals surface area contributed by atoms with Gasteiger partial charge in [-0.2, -0.15) is 13.2 Å². The van der Waals surface area contributed by atoms with Crippen molar-refractivity contribution in [3.05, 3.63) is 47.7 Å². The second-order valence-corrected chi connectivity index (χ2v) is 4.09. The summed E-state index contributed by atoms with van der Waals surface area (Å²) in [4.78, 5) is 4.05. The molecule has 3 N–H and O–H groups in total. The number of pyridine rings is 1. The summed E-state index contributed by atoms with van der Waals surface area (Å²) in [6.07, 6.45) is -2.75. The molecule has 1 heterocycles. The highest BCUT2D eigenvalue weighted by Crippen LogP contribution is 2.30. The number of benzene rings is 1. The van der Waals surface area contributed by atoms with Crippen molar-refractivity contribution in [3.8, 4) is 0 Å². The van der Waals surface area contributed by atoms with Crippen LogP contribution in [0.4, 0.5) is 30.4 Å². The fraction of sp³-hybridized carbons (Fsp3) is 0.154. The van der Waals surface area contributed by atoms with Gasteiger partial charge in [0.2, 0.25) is 0 Å². The Kier molecular flexibility index (Phi) is 3.33. The monoisotopic (exact) mass is 267 g/mol. The van der Waals surface area contributed by atoms with E-state index in [2.05, 4.69) is 10.3 Å². The third-order valence-electron chi connectivity index (χ3n) is 2.68. The number of aryl methyl sites for hydroxylation is 1. The first-order valence-electron chi connectivity index (χ1n) is 5.53. The van der Waals surface area contributed by atoms with Gasteiger partial charge in [0.1, 0.15) is 0 Å². The van der Waals surface area contributed by atoms with Crippen LogP contribution in [0.2, 0.25) is 0 Å². The van der Waals surface area contributed by atoms with Gasteiger partial charge in [-0.15, -0.1) is 0 Å². The maximum atomic E-state index is 12.4. The van der Waals surface area contributed by atoms with Crippen LogP contribution >= 0.6 is 0 Å². The SMILES string of the molecule is Cc1ccnc(Nc2ccc(C(F)(F)F)cc2)c1N. The molecule has 0 spiro atoms. The molecule has 0 bridgehead atoms. The van der Waals surface area contributed by atoms with E-state index < -0.39 is 11.7 Å². The maximum absolute atomic E-state index is 12.4. The molecular weight excluding hydrogens is 255 g/mol. The van der Waals surface area contributed by atoms with Crippen molar-refractivity contribution >= 4 is 17.2 Å². The van der Waals surface area contributed by atoms with Crippen molar-refractivity contribution in [2.45, 2.75) is 13.1 Å². The van der Waals surface area contributed by atoms with Gasteiger partial charge in [-0.25, -0.2) is 4.98 Å². The van der Waals surface area contributed by atoms with Gasteiger partial charge in [-0.3, -0.25) is 0 Å². The van der Waals surface area contributed by atoms with E-state index in [1.165, 1.54) is 12.1 Å². The van der Waals surface area contributed by atoms with E-state index in [1.54, 1.807) is 12.3 Å². The summed E-state index contributed by atoms with van der Waals surface area (Å²) in [6, 6.07) is 6.45. The molecule has 3 nitrogen and oxygen atoms in total. The molecule has 0 radical (unpaired) electrons. The number of hydrogen-bond donors (Lipinski definition) is 2. The van der Waals surface area contributed by atoms with Gasteiger partial charge in [-0.05, 0) is 42.8 Å². The minimum Gasteiger partial charge on any atom is -0.396 e. The Balaban J connectivity index is 2.23. The Labute approximate surface area is 108 Å². The van der Waals surface area contributed by atoms with Crippen molar-refractivity contribution in [1.82, 2.24) is 4.98 Å². The van der Waals surface area contributed by atoms with Crippen LogP contribution in [-0.2, 0) is 6.18 Å². The molecule has 0 unspecified atom stereocenters. The highest BCUT2D eigenvalue weighted by Gasteiger charge is 2.29. The van der Waals surface area contributed by atoms with Crippen molar-refractivity contribution < 1.29 is 13.2 Å². The Hall–Kier alpha value is -2.24. The summed E-state index contributed by atoms with van der Waals surface area (Å²) in [5.41, 5.74) is 6.96. The van der Waals surface area contributed by atoms with Crippen molar-refractivity contribution in [1.29, 1.82) is 0 Å². The predicted molar refractivity (Wildman–Crippen MR) is 68.1 cm³/mol.